The zero-order valence-electron chi connectivity index (χ0n) is 7.33. The van der Waals surface area contributed by atoms with Crippen LogP contribution in [0.3, 0.4) is 0 Å². The maximum Gasteiger partial charge on any atom is 0.329 e. The Morgan fingerprint density at radius 1 is 1.75 bits per heavy atom. The molecule has 4 nitrogen and oxygen atoms in total. The molecule has 12 heavy (non-hydrogen) atoms. The van der Waals surface area contributed by atoms with Gasteiger partial charge >= 0.3 is 5.97 Å². The first kappa shape index (κ1) is 9.03. The van der Waals surface area contributed by atoms with E-state index in [4.69, 9.17) is 5.11 Å². The third-order valence-electron chi connectivity index (χ3n) is 2.50. The molecule has 0 aromatic carbocycles. The number of hydrogen-bond acceptors (Lipinski definition) is 2. The van der Waals surface area contributed by atoms with Crippen LogP contribution in [0, 0.1) is 0 Å². The predicted octanol–water partition coefficient (Wildman–Crippen LogP) is 0.472. The van der Waals surface area contributed by atoms with E-state index in [1.807, 2.05) is 0 Å². The first-order valence-corrected chi connectivity index (χ1v) is 4.06. The molecule has 1 unspecified atom stereocenters. The molecule has 68 valence electrons. The Balaban J connectivity index is 2.91. The minimum absolute atomic E-state index is 0.0533. The molecule has 0 aliphatic carbocycles. The van der Waals surface area contributed by atoms with Crippen molar-refractivity contribution in [3.8, 4) is 0 Å². The number of carbonyl (C=O) groups is 2. The van der Waals surface area contributed by atoms with Crippen LogP contribution in [0.4, 0.5) is 0 Å². The van der Waals surface area contributed by atoms with E-state index in [0.29, 0.717) is 19.4 Å². The molecule has 1 N–H and O–H groups in total. The molecule has 1 atom stereocenters. The first-order valence-electron chi connectivity index (χ1n) is 4.06. The molecule has 1 aliphatic rings. The maximum atomic E-state index is 11.2. The van der Waals surface area contributed by atoms with Gasteiger partial charge in [-0.3, -0.25) is 4.79 Å². The fourth-order valence-corrected chi connectivity index (χ4v) is 1.64. The van der Waals surface area contributed by atoms with Gasteiger partial charge in [0.1, 0.15) is 5.54 Å². The number of carboxylic acid groups (broad SMARTS) is 1. The van der Waals surface area contributed by atoms with Crippen LogP contribution in [0.1, 0.15) is 26.7 Å². The van der Waals surface area contributed by atoms with Gasteiger partial charge < -0.3 is 10.0 Å². The molecular formula is C8H13NO3. The predicted molar refractivity (Wildman–Crippen MR) is 42.7 cm³/mol. The van der Waals surface area contributed by atoms with Crippen LogP contribution in [0.2, 0.25) is 0 Å². The Labute approximate surface area is 71.2 Å². The van der Waals surface area contributed by atoms with E-state index < -0.39 is 11.5 Å². The highest BCUT2D eigenvalue weighted by molar-refractivity contribution is 5.90. The minimum atomic E-state index is -0.966. The quantitative estimate of drug-likeness (QED) is 0.657. The molecule has 0 aromatic rings. The zero-order chi connectivity index (χ0) is 9.35. The Bertz CT molecular complexity index is 224. The number of likely N-dealkylation sites (N-methyl/N-ethyl adjacent to an activating group) is 1. The van der Waals surface area contributed by atoms with Gasteiger partial charge in [-0.05, 0) is 20.3 Å². The lowest BCUT2D eigenvalue weighted by Crippen LogP contribution is -2.49. The number of aliphatic carboxylic acids is 1. The summed E-state index contributed by atoms with van der Waals surface area (Å²) < 4.78 is 0. The highest BCUT2D eigenvalue weighted by Gasteiger charge is 2.46. The second-order valence-corrected chi connectivity index (χ2v) is 3.22. The van der Waals surface area contributed by atoms with Crippen molar-refractivity contribution in [2.75, 3.05) is 6.54 Å². The molecule has 1 saturated heterocycles. The van der Waals surface area contributed by atoms with Crippen LogP contribution >= 0.6 is 0 Å². The summed E-state index contributed by atoms with van der Waals surface area (Å²) in [5.74, 6) is -0.961. The normalized spacial score (nSPS) is 29.5. The number of carboxylic acids is 1. The topological polar surface area (TPSA) is 57.6 Å². The average molecular weight is 171 g/mol. The number of amides is 1. The van der Waals surface area contributed by atoms with E-state index in [1.54, 1.807) is 13.8 Å². The van der Waals surface area contributed by atoms with E-state index in [1.165, 1.54) is 4.90 Å². The van der Waals surface area contributed by atoms with Crippen molar-refractivity contribution in [3.63, 3.8) is 0 Å². The lowest BCUT2D eigenvalue weighted by Gasteiger charge is -2.29. The van der Waals surface area contributed by atoms with Crippen molar-refractivity contribution in [2.24, 2.45) is 0 Å². The van der Waals surface area contributed by atoms with Crippen molar-refractivity contribution in [2.45, 2.75) is 32.2 Å². The van der Waals surface area contributed by atoms with Crippen LogP contribution < -0.4 is 0 Å². The smallest absolute Gasteiger partial charge is 0.329 e. The highest BCUT2D eigenvalue weighted by Crippen LogP contribution is 2.29. The van der Waals surface area contributed by atoms with E-state index >= 15 is 0 Å². The molecular weight excluding hydrogens is 158 g/mol. The third-order valence-corrected chi connectivity index (χ3v) is 2.50. The van der Waals surface area contributed by atoms with Gasteiger partial charge in [-0.1, -0.05) is 0 Å². The van der Waals surface area contributed by atoms with Crippen molar-refractivity contribution >= 4 is 11.9 Å². The third kappa shape index (κ3) is 1.07. The summed E-state index contributed by atoms with van der Waals surface area (Å²) in [6.45, 7) is 3.87. The highest BCUT2D eigenvalue weighted by atomic mass is 16.4. The number of carbonyl (C=O) groups excluding carboxylic acids is 1. The van der Waals surface area contributed by atoms with Crippen molar-refractivity contribution < 1.29 is 14.7 Å². The lowest BCUT2D eigenvalue weighted by atomic mass is 9.99. The Morgan fingerprint density at radius 3 is 2.67 bits per heavy atom. The Hall–Kier alpha value is -1.06. The SMILES string of the molecule is CCN1C(=O)CCC1(C)C(=O)O. The van der Waals surface area contributed by atoms with Crippen molar-refractivity contribution in [1.82, 2.24) is 4.90 Å². The summed E-state index contributed by atoms with van der Waals surface area (Å²) in [5, 5.41) is 8.90. The van der Waals surface area contributed by atoms with Gasteiger partial charge in [-0.25, -0.2) is 4.79 Å². The number of rotatable bonds is 2. The number of hydrogen-bond donors (Lipinski definition) is 1. The summed E-state index contributed by atoms with van der Waals surface area (Å²) in [4.78, 5) is 23.5. The molecule has 0 saturated carbocycles. The van der Waals surface area contributed by atoms with E-state index in [9.17, 15) is 9.59 Å². The average Bonchev–Trinajstić information content (AvgIpc) is 2.29. The van der Waals surface area contributed by atoms with Gasteiger partial charge in [-0.15, -0.1) is 0 Å². The molecule has 4 heteroatoms. The van der Waals surface area contributed by atoms with Gasteiger partial charge in [0.15, 0.2) is 0 Å². The van der Waals surface area contributed by atoms with Crippen LogP contribution in [-0.4, -0.2) is 34.0 Å². The van der Waals surface area contributed by atoms with E-state index in [0.717, 1.165) is 0 Å². The molecule has 1 fully saturated rings. The molecule has 1 heterocycles. The Morgan fingerprint density at radius 2 is 2.33 bits per heavy atom. The summed E-state index contributed by atoms with van der Waals surface area (Å²) >= 11 is 0. The first-order chi connectivity index (χ1) is 5.52. The van der Waals surface area contributed by atoms with E-state index in [2.05, 4.69) is 0 Å². The monoisotopic (exact) mass is 171 g/mol. The van der Waals surface area contributed by atoms with Crippen LogP contribution in [-0.2, 0) is 9.59 Å². The number of nitrogens with zero attached hydrogens (tertiary/aromatic N) is 1. The minimum Gasteiger partial charge on any atom is -0.480 e. The van der Waals surface area contributed by atoms with E-state index in [-0.39, 0.29) is 5.91 Å². The van der Waals surface area contributed by atoms with Gasteiger partial charge in [0.25, 0.3) is 0 Å². The zero-order valence-corrected chi connectivity index (χ0v) is 7.33. The van der Waals surface area contributed by atoms with Gasteiger partial charge in [-0.2, -0.15) is 0 Å². The van der Waals surface area contributed by atoms with Gasteiger partial charge in [0, 0.05) is 13.0 Å². The molecule has 0 radical (unpaired) electrons. The summed E-state index contributed by atoms with van der Waals surface area (Å²) in [5.41, 5.74) is -0.966. The largest absolute Gasteiger partial charge is 0.480 e. The standard InChI is InChI=1S/C8H13NO3/c1-3-9-6(10)4-5-8(9,2)7(11)12/h3-5H2,1-2H3,(H,11,12). The maximum absolute atomic E-state index is 11.2. The molecule has 1 aliphatic heterocycles. The summed E-state index contributed by atoms with van der Waals surface area (Å²) in [6, 6.07) is 0. The molecule has 1 rings (SSSR count). The van der Waals surface area contributed by atoms with Crippen LogP contribution in [0.5, 0.6) is 0 Å². The second-order valence-electron chi connectivity index (χ2n) is 3.22. The lowest BCUT2D eigenvalue weighted by molar-refractivity contribution is -0.152. The Kier molecular flexibility index (Phi) is 2.08. The molecule has 0 spiro atoms. The number of likely N-dealkylation sites (tertiary alicyclic amines) is 1. The molecule has 0 aromatic heterocycles. The fraction of sp³-hybridized carbons (Fsp3) is 0.750. The van der Waals surface area contributed by atoms with Crippen molar-refractivity contribution in [1.29, 1.82) is 0 Å². The van der Waals surface area contributed by atoms with Gasteiger partial charge in [0.2, 0.25) is 5.91 Å². The van der Waals surface area contributed by atoms with Crippen molar-refractivity contribution in [3.05, 3.63) is 0 Å². The van der Waals surface area contributed by atoms with Crippen LogP contribution in [0.15, 0.2) is 0 Å². The second kappa shape index (κ2) is 2.77. The van der Waals surface area contributed by atoms with Gasteiger partial charge in [0.05, 0.1) is 0 Å². The molecule has 1 amide bonds. The summed E-state index contributed by atoms with van der Waals surface area (Å²) in [7, 11) is 0. The summed E-state index contributed by atoms with van der Waals surface area (Å²) in [6.07, 6.45) is 0.783. The van der Waals surface area contributed by atoms with Crippen LogP contribution in [0.25, 0.3) is 0 Å². The fourth-order valence-electron chi connectivity index (χ4n) is 1.64. The molecule has 0 bridgehead atoms.